The van der Waals surface area contributed by atoms with Crippen LogP contribution in [0.3, 0.4) is 0 Å². The first-order valence-corrected chi connectivity index (χ1v) is 10.3. The van der Waals surface area contributed by atoms with Gasteiger partial charge < -0.3 is 19.5 Å². The number of nitrogens with one attached hydrogen (secondary N) is 1. The van der Waals surface area contributed by atoms with E-state index >= 15 is 0 Å². The second-order valence-corrected chi connectivity index (χ2v) is 7.91. The third kappa shape index (κ3) is 4.85. The number of ether oxygens (including phenoxy) is 3. The van der Waals surface area contributed by atoms with Gasteiger partial charge in [-0.25, -0.2) is 0 Å². The summed E-state index contributed by atoms with van der Waals surface area (Å²) in [6.45, 7) is 2.38. The zero-order valence-electron chi connectivity index (χ0n) is 17.2. The molecule has 29 heavy (non-hydrogen) atoms. The molecule has 1 fully saturated rings. The highest BCUT2D eigenvalue weighted by Gasteiger charge is 2.42. The van der Waals surface area contributed by atoms with Crippen LogP contribution < -0.4 is 14.8 Å². The van der Waals surface area contributed by atoms with E-state index in [0.29, 0.717) is 23.1 Å². The highest BCUT2D eigenvalue weighted by molar-refractivity contribution is 6.32. The Morgan fingerprint density at radius 2 is 1.83 bits per heavy atom. The molecule has 5 nitrogen and oxygen atoms in total. The molecule has 0 aliphatic heterocycles. The zero-order chi connectivity index (χ0) is 20.9. The van der Waals surface area contributed by atoms with E-state index in [0.717, 1.165) is 37.0 Å². The van der Waals surface area contributed by atoms with Crippen LogP contribution in [0.25, 0.3) is 0 Å². The molecule has 0 bridgehead atoms. The fraction of sp³-hybridized carbons (Fsp3) is 0.435. The van der Waals surface area contributed by atoms with Gasteiger partial charge in [-0.3, -0.25) is 4.79 Å². The second kappa shape index (κ2) is 9.51. The summed E-state index contributed by atoms with van der Waals surface area (Å²) in [6, 6.07) is 13.1. The fourth-order valence-corrected chi connectivity index (χ4v) is 4.17. The molecule has 0 unspecified atom stereocenters. The Morgan fingerprint density at radius 1 is 1.14 bits per heavy atom. The highest BCUT2D eigenvalue weighted by atomic mass is 35.5. The molecule has 0 saturated heterocycles. The molecule has 0 aromatic heterocycles. The van der Waals surface area contributed by atoms with Gasteiger partial charge in [0.05, 0.1) is 24.2 Å². The largest absolute Gasteiger partial charge is 0.497 e. The van der Waals surface area contributed by atoms with E-state index in [1.165, 1.54) is 0 Å². The van der Waals surface area contributed by atoms with Gasteiger partial charge in [0.1, 0.15) is 17.6 Å². The molecule has 156 valence electrons. The molecule has 0 heterocycles. The topological polar surface area (TPSA) is 56.8 Å². The number of hydrogen-bond donors (Lipinski definition) is 1. The third-order valence-electron chi connectivity index (χ3n) is 5.45. The summed E-state index contributed by atoms with van der Waals surface area (Å²) in [4.78, 5) is 13.3. The Kier molecular flexibility index (Phi) is 7.04. The standard InChI is InChI=1S/C23H28ClNO4/c1-16(15-27-2)29-21-11-8-18(14-20(21)24)25-22(26)23(12-4-5-13-23)17-6-9-19(28-3)10-7-17/h6-11,14,16H,4-5,12-13,15H2,1-3H3,(H,25,26)/t16-/m1/s1. The normalized spacial score (nSPS) is 16.3. The van der Waals surface area contributed by atoms with Gasteiger partial charge in [-0.15, -0.1) is 0 Å². The second-order valence-electron chi connectivity index (χ2n) is 7.50. The Morgan fingerprint density at radius 3 is 2.41 bits per heavy atom. The Hall–Kier alpha value is -2.24. The molecular weight excluding hydrogens is 390 g/mol. The lowest BCUT2D eigenvalue weighted by molar-refractivity contribution is -0.121. The molecule has 6 heteroatoms. The summed E-state index contributed by atoms with van der Waals surface area (Å²) in [6.07, 6.45) is 3.60. The molecule has 1 saturated carbocycles. The van der Waals surface area contributed by atoms with Crippen LogP contribution >= 0.6 is 11.6 Å². The number of carbonyl (C=O) groups excluding carboxylic acids is 1. The minimum absolute atomic E-state index is 0.00217. The van der Waals surface area contributed by atoms with Crippen molar-refractivity contribution in [3.05, 3.63) is 53.1 Å². The molecule has 1 N–H and O–H groups in total. The van der Waals surface area contributed by atoms with Crippen molar-refractivity contribution in [1.82, 2.24) is 0 Å². The molecule has 2 aromatic rings. The lowest BCUT2D eigenvalue weighted by atomic mass is 9.78. The van der Waals surface area contributed by atoms with Gasteiger partial charge in [-0.2, -0.15) is 0 Å². The van der Waals surface area contributed by atoms with Crippen molar-refractivity contribution in [3.63, 3.8) is 0 Å². The third-order valence-corrected chi connectivity index (χ3v) is 5.75. The van der Waals surface area contributed by atoms with Crippen molar-refractivity contribution < 1.29 is 19.0 Å². The minimum Gasteiger partial charge on any atom is -0.497 e. The van der Waals surface area contributed by atoms with Crippen molar-refractivity contribution in [2.75, 3.05) is 26.1 Å². The molecule has 0 spiro atoms. The lowest BCUT2D eigenvalue weighted by Crippen LogP contribution is -2.38. The highest BCUT2D eigenvalue weighted by Crippen LogP contribution is 2.42. The van der Waals surface area contributed by atoms with E-state index in [4.69, 9.17) is 25.8 Å². The minimum atomic E-state index is -0.527. The van der Waals surface area contributed by atoms with Gasteiger partial charge in [-0.05, 0) is 55.7 Å². The Bertz CT molecular complexity index is 831. The summed E-state index contributed by atoms with van der Waals surface area (Å²) < 4.78 is 16.1. The summed E-state index contributed by atoms with van der Waals surface area (Å²) in [5, 5.41) is 3.52. The van der Waals surface area contributed by atoms with Crippen LogP contribution in [0.5, 0.6) is 11.5 Å². The maximum Gasteiger partial charge on any atom is 0.235 e. The number of anilines is 1. The van der Waals surface area contributed by atoms with Crippen LogP contribution in [0, 0.1) is 0 Å². The first kappa shape index (κ1) is 21.5. The van der Waals surface area contributed by atoms with Crippen molar-refractivity contribution >= 4 is 23.2 Å². The monoisotopic (exact) mass is 417 g/mol. The Labute approximate surface area is 177 Å². The zero-order valence-corrected chi connectivity index (χ0v) is 17.9. The first-order valence-electron chi connectivity index (χ1n) is 9.89. The molecular formula is C23H28ClNO4. The van der Waals surface area contributed by atoms with Gasteiger partial charge in [0.15, 0.2) is 0 Å². The number of carbonyl (C=O) groups is 1. The van der Waals surface area contributed by atoms with Crippen molar-refractivity contribution in [3.8, 4) is 11.5 Å². The van der Waals surface area contributed by atoms with Crippen molar-refractivity contribution in [1.29, 1.82) is 0 Å². The molecule has 1 atom stereocenters. The number of halogens is 1. The van der Waals surface area contributed by atoms with E-state index in [1.54, 1.807) is 26.4 Å². The summed E-state index contributed by atoms with van der Waals surface area (Å²) in [7, 11) is 3.27. The average molecular weight is 418 g/mol. The van der Waals surface area contributed by atoms with Gasteiger partial charge in [-0.1, -0.05) is 36.6 Å². The predicted molar refractivity (Wildman–Crippen MR) is 115 cm³/mol. The van der Waals surface area contributed by atoms with E-state index in [-0.39, 0.29) is 12.0 Å². The van der Waals surface area contributed by atoms with Gasteiger partial charge in [0.25, 0.3) is 0 Å². The lowest BCUT2D eigenvalue weighted by Gasteiger charge is -2.28. The molecule has 2 aromatic carbocycles. The summed E-state index contributed by atoms with van der Waals surface area (Å²) >= 11 is 6.37. The quantitative estimate of drug-likeness (QED) is 0.640. The van der Waals surface area contributed by atoms with Crippen molar-refractivity contribution in [2.24, 2.45) is 0 Å². The van der Waals surface area contributed by atoms with E-state index in [2.05, 4.69) is 5.32 Å². The SMILES string of the molecule is COC[C@@H](C)Oc1ccc(NC(=O)C2(c3ccc(OC)cc3)CCCC2)cc1Cl. The van der Waals surface area contributed by atoms with Crippen LogP contribution in [0.1, 0.15) is 38.2 Å². The van der Waals surface area contributed by atoms with Crippen molar-refractivity contribution in [2.45, 2.75) is 44.1 Å². The van der Waals surface area contributed by atoms with E-state index in [1.807, 2.05) is 37.3 Å². The van der Waals surface area contributed by atoms with Crippen LogP contribution in [-0.2, 0) is 14.9 Å². The van der Waals surface area contributed by atoms with Gasteiger partial charge in [0, 0.05) is 12.8 Å². The first-order chi connectivity index (χ1) is 14.0. The summed E-state index contributed by atoms with van der Waals surface area (Å²) in [5.74, 6) is 1.35. The van der Waals surface area contributed by atoms with Crippen LogP contribution in [0.4, 0.5) is 5.69 Å². The molecule has 3 rings (SSSR count). The smallest absolute Gasteiger partial charge is 0.235 e. The molecule has 0 radical (unpaired) electrons. The fourth-order valence-electron chi connectivity index (χ4n) is 3.95. The maximum absolute atomic E-state index is 13.3. The van der Waals surface area contributed by atoms with E-state index in [9.17, 15) is 4.79 Å². The Balaban J connectivity index is 1.77. The van der Waals surface area contributed by atoms with Gasteiger partial charge >= 0.3 is 0 Å². The predicted octanol–water partition coefficient (Wildman–Crippen LogP) is 5.21. The number of hydrogen-bond acceptors (Lipinski definition) is 4. The summed E-state index contributed by atoms with van der Waals surface area (Å²) in [5.41, 5.74) is 1.15. The molecule has 1 aliphatic rings. The maximum atomic E-state index is 13.3. The number of methoxy groups -OCH3 is 2. The molecule has 1 aliphatic carbocycles. The van der Waals surface area contributed by atoms with Crippen LogP contribution in [-0.4, -0.2) is 32.8 Å². The number of amides is 1. The van der Waals surface area contributed by atoms with Crippen LogP contribution in [0.15, 0.2) is 42.5 Å². The number of rotatable bonds is 8. The van der Waals surface area contributed by atoms with Crippen LogP contribution in [0.2, 0.25) is 5.02 Å². The number of benzene rings is 2. The average Bonchev–Trinajstić information content (AvgIpc) is 3.21. The molecule has 1 amide bonds. The van der Waals surface area contributed by atoms with E-state index < -0.39 is 5.41 Å². The van der Waals surface area contributed by atoms with Gasteiger partial charge in [0.2, 0.25) is 5.91 Å².